The van der Waals surface area contributed by atoms with Gasteiger partial charge < -0.3 is 4.90 Å². The van der Waals surface area contributed by atoms with Crippen LogP contribution in [0.1, 0.15) is 11.1 Å². The first kappa shape index (κ1) is 18.1. The normalized spacial score (nSPS) is 15.4. The number of carbonyl (C=O) groups is 1. The zero-order valence-electron chi connectivity index (χ0n) is 14.4. The van der Waals surface area contributed by atoms with Crippen molar-refractivity contribution in [2.45, 2.75) is 6.54 Å². The van der Waals surface area contributed by atoms with E-state index in [0.717, 1.165) is 38.3 Å². The fourth-order valence-electron chi connectivity index (χ4n) is 3.06. The number of carbonyl (C=O) groups excluding carboxylic acids is 1. The van der Waals surface area contributed by atoms with Crippen LogP contribution in [0, 0.1) is 5.82 Å². The van der Waals surface area contributed by atoms with Gasteiger partial charge in [-0.3, -0.25) is 14.9 Å². The number of hydrogen-bond acceptors (Lipinski definition) is 4. The molecule has 2 N–H and O–H groups in total. The molecular weight excluding hydrogens is 333 g/mol. The maximum atomic E-state index is 13.9. The number of para-hydroxylation sites is 1. The Bertz CT molecular complexity index is 769. The zero-order chi connectivity index (χ0) is 18.4. The van der Waals surface area contributed by atoms with Gasteiger partial charge in [-0.1, -0.05) is 36.4 Å². The molecule has 0 spiro atoms. The van der Waals surface area contributed by atoms with E-state index in [1.165, 1.54) is 17.7 Å². The number of nitrogens with zero attached hydrogens (tertiary/aromatic N) is 2. The van der Waals surface area contributed by atoms with Crippen LogP contribution in [0.5, 0.6) is 0 Å². The molecule has 0 saturated carbocycles. The first-order valence-electron chi connectivity index (χ1n) is 8.58. The van der Waals surface area contributed by atoms with Crippen LogP contribution >= 0.6 is 0 Å². The molecule has 6 heteroatoms. The van der Waals surface area contributed by atoms with Gasteiger partial charge in [-0.25, -0.2) is 9.87 Å². The first-order chi connectivity index (χ1) is 12.7. The number of hydroxylamine groups is 1. The molecule has 2 aromatic rings. The summed E-state index contributed by atoms with van der Waals surface area (Å²) in [5.41, 5.74) is 4.31. The number of anilines is 1. The van der Waals surface area contributed by atoms with Crippen LogP contribution in [-0.2, 0) is 11.3 Å². The van der Waals surface area contributed by atoms with Gasteiger partial charge in [0.2, 0.25) is 0 Å². The first-order valence-corrected chi connectivity index (χ1v) is 8.58. The molecular formula is C20H22FN3O2. The van der Waals surface area contributed by atoms with Crippen LogP contribution < -0.4 is 10.4 Å². The summed E-state index contributed by atoms with van der Waals surface area (Å²) in [5.74, 6) is -0.721. The van der Waals surface area contributed by atoms with Crippen LogP contribution in [0.3, 0.4) is 0 Å². The number of amides is 1. The Hall–Kier alpha value is -2.70. The average Bonchev–Trinajstić information content (AvgIpc) is 2.68. The quantitative estimate of drug-likeness (QED) is 0.492. The van der Waals surface area contributed by atoms with E-state index >= 15 is 0 Å². The van der Waals surface area contributed by atoms with Gasteiger partial charge in [0.05, 0.1) is 5.69 Å². The van der Waals surface area contributed by atoms with E-state index in [2.05, 4.69) is 9.80 Å². The number of benzene rings is 2. The van der Waals surface area contributed by atoms with Gasteiger partial charge in [-0.2, -0.15) is 0 Å². The molecule has 3 rings (SSSR count). The molecule has 26 heavy (non-hydrogen) atoms. The second-order valence-electron chi connectivity index (χ2n) is 6.27. The predicted octanol–water partition coefficient (Wildman–Crippen LogP) is 2.67. The highest BCUT2D eigenvalue weighted by atomic mass is 19.1. The summed E-state index contributed by atoms with van der Waals surface area (Å²) in [5, 5.41) is 8.47. The largest absolute Gasteiger partial charge is 0.367 e. The Kier molecular flexibility index (Phi) is 5.99. The van der Waals surface area contributed by atoms with E-state index < -0.39 is 5.91 Å². The third kappa shape index (κ3) is 4.68. The van der Waals surface area contributed by atoms with Gasteiger partial charge in [-0.15, -0.1) is 0 Å². The summed E-state index contributed by atoms with van der Waals surface area (Å²) >= 11 is 0. The summed E-state index contributed by atoms with van der Waals surface area (Å²) in [6.07, 6.45) is 2.92. The molecule has 0 atom stereocenters. The average molecular weight is 355 g/mol. The van der Waals surface area contributed by atoms with Crippen LogP contribution in [0.4, 0.5) is 10.1 Å². The van der Waals surface area contributed by atoms with E-state index in [9.17, 15) is 9.18 Å². The Morgan fingerprint density at radius 1 is 1.08 bits per heavy atom. The van der Waals surface area contributed by atoms with E-state index in [4.69, 9.17) is 5.21 Å². The van der Waals surface area contributed by atoms with Crippen molar-refractivity contribution in [1.29, 1.82) is 0 Å². The van der Waals surface area contributed by atoms with Crippen LogP contribution in [0.25, 0.3) is 6.08 Å². The molecule has 0 radical (unpaired) electrons. The smallest absolute Gasteiger partial charge is 0.267 e. The van der Waals surface area contributed by atoms with Crippen molar-refractivity contribution in [1.82, 2.24) is 10.4 Å². The summed E-state index contributed by atoms with van der Waals surface area (Å²) in [6.45, 7) is 4.21. The SMILES string of the molecule is O=C(/C=C/c1ccc(CN2CCN(c3ccccc3F)CC2)cc1)NO. The molecule has 1 saturated heterocycles. The van der Waals surface area contributed by atoms with Gasteiger partial charge in [0.15, 0.2) is 0 Å². The highest BCUT2D eigenvalue weighted by Crippen LogP contribution is 2.20. The molecule has 0 aliphatic carbocycles. The summed E-state index contributed by atoms with van der Waals surface area (Å²) in [4.78, 5) is 15.4. The number of hydrogen-bond donors (Lipinski definition) is 2. The predicted molar refractivity (Wildman–Crippen MR) is 99.3 cm³/mol. The molecule has 0 unspecified atom stereocenters. The standard InChI is InChI=1S/C20H22FN3O2/c21-18-3-1-2-4-19(18)24-13-11-23(12-14-24)15-17-7-5-16(6-8-17)9-10-20(25)22-26/h1-10,26H,11-15H2,(H,22,25)/b10-9+. The third-order valence-corrected chi connectivity index (χ3v) is 4.49. The number of nitrogens with one attached hydrogen (secondary N) is 1. The summed E-state index contributed by atoms with van der Waals surface area (Å²) < 4.78 is 13.9. The molecule has 1 aliphatic rings. The lowest BCUT2D eigenvalue weighted by molar-refractivity contribution is -0.124. The van der Waals surface area contributed by atoms with Crippen LogP contribution in [-0.4, -0.2) is 42.2 Å². The number of piperazine rings is 1. The minimum absolute atomic E-state index is 0.167. The molecule has 1 fully saturated rings. The van der Waals surface area contributed by atoms with Gasteiger partial charge in [0.25, 0.3) is 5.91 Å². The molecule has 1 aliphatic heterocycles. The Morgan fingerprint density at radius 3 is 2.42 bits per heavy atom. The Balaban J connectivity index is 1.52. The fraction of sp³-hybridized carbons (Fsp3) is 0.250. The molecule has 5 nitrogen and oxygen atoms in total. The molecule has 1 heterocycles. The van der Waals surface area contributed by atoms with Crippen molar-refractivity contribution >= 4 is 17.7 Å². The summed E-state index contributed by atoms with van der Waals surface area (Å²) in [7, 11) is 0. The molecule has 2 aromatic carbocycles. The van der Waals surface area contributed by atoms with Crippen LogP contribution in [0.2, 0.25) is 0 Å². The highest BCUT2D eigenvalue weighted by Gasteiger charge is 2.19. The Labute approximate surface area is 152 Å². The maximum Gasteiger partial charge on any atom is 0.267 e. The minimum atomic E-state index is -0.554. The third-order valence-electron chi connectivity index (χ3n) is 4.49. The minimum Gasteiger partial charge on any atom is -0.367 e. The van der Waals surface area contributed by atoms with E-state index in [0.29, 0.717) is 5.69 Å². The molecule has 0 aromatic heterocycles. The highest BCUT2D eigenvalue weighted by molar-refractivity contribution is 5.90. The second-order valence-corrected chi connectivity index (χ2v) is 6.27. The van der Waals surface area contributed by atoms with E-state index in [-0.39, 0.29) is 5.82 Å². The zero-order valence-corrected chi connectivity index (χ0v) is 14.4. The number of rotatable bonds is 5. The van der Waals surface area contributed by atoms with Gasteiger partial charge >= 0.3 is 0 Å². The van der Waals surface area contributed by atoms with Crippen molar-refractivity contribution in [3.63, 3.8) is 0 Å². The lowest BCUT2D eigenvalue weighted by atomic mass is 10.1. The molecule has 0 bridgehead atoms. The topological polar surface area (TPSA) is 55.8 Å². The molecule has 1 amide bonds. The monoisotopic (exact) mass is 355 g/mol. The maximum absolute atomic E-state index is 13.9. The van der Waals surface area contributed by atoms with Gasteiger partial charge in [-0.05, 0) is 29.3 Å². The fourth-order valence-corrected chi connectivity index (χ4v) is 3.06. The van der Waals surface area contributed by atoms with Gasteiger partial charge in [0.1, 0.15) is 5.82 Å². The van der Waals surface area contributed by atoms with Crippen LogP contribution in [0.15, 0.2) is 54.6 Å². The second kappa shape index (κ2) is 8.60. The lowest BCUT2D eigenvalue weighted by Crippen LogP contribution is -2.46. The van der Waals surface area contributed by atoms with Crippen molar-refractivity contribution in [2.75, 3.05) is 31.1 Å². The lowest BCUT2D eigenvalue weighted by Gasteiger charge is -2.36. The summed E-state index contributed by atoms with van der Waals surface area (Å²) in [6, 6.07) is 14.8. The number of halogens is 1. The van der Waals surface area contributed by atoms with Crippen molar-refractivity contribution in [3.05, 3.63) is 71.6 Å². The van der Waals surface area contributed by atoms with Gasteiger partial charge in [0, 0.05) is 38.8 Å². The van der Waals surface area contributed by atoms with Crippen molar-refractivity contribution in [3.8, 4) is 0 Å². The van der Waals surface area contributed by atoms with Crippen molar-refractivity contribution in [2.24, 2.45) is 0 Å². The van der Waals surface area contributed by atoms with Crippen molar-refractivity contribution < 1.29 is 14.4 Å². The van der Waals surface area contributed by atoms with E-state index in [1.807, 2.05) is 36.4 Å². The molecule has 136 valence electrons. The van der Waals surface area contributed by atoms with E-state index in [1.54, 1.807) is 17.6 Å². The Morgan fingerprint density at radius 2 is 1.77 bits per heavy atom.